The molecule has 0 aromatic rings. The summed E-state index contributed by atoms with van der Waals surface area (Å²) < 4.78 is 20.1. The first-order chi connectivity index (χ1) is 8.63. The lowest BCUT2D eigenvalue weighted by molar-refractivity contribution is -0.0744. The Morgan fingerprint density at radius 1 is 0.889 bits per heavy atom. The number of hydrogen-bond acceptors (Lipinski definition) is 7. The Kier molecular flexibility index (Phi) is 11.6. The third-order valence-electron chi connectivity index (χ3n) is 2.12. The van der Waals surface area contributed by atoms with E-state index in [0.29, 0.717) is 0 Å². The van der Waals surface area contributed by atoms with E-state index >= 15 is 0 Å². The van der Waals surface area contributed by atoms with Crippen LogP contribution in [-0.4, -0.2) is 82.3 Å². The molecule has 0 rings (SSSR count). The number of methoxy groups -OCH3 is 2. The Labute approximate surface area is 108 Å². The van der Waals surface area contributed by atoms with Crippen molar-refractivity contribution in [1.29, 1.82) is 0 Å². The van der Waals surface area contributed by atoms with Crippen molar-refractivity contribution in [3.8, 4) is 0 Å². The minimum atomic E-state index is -0.678. The molecule has 0 saturated heterocycles. The van der Waals surface area contributed by atoms with Crippen molar-refractivity contribution in [3.63, 3.8) is 0 Å². The van der Waals surface area contributed by atoms with Crippen LogP contribution in [0.5, 0.6) is 0 Å². The summed E-state index contributed by atoms with van der Waals surface area (Å²) in [6, 6.07) is 0. The fraction of sp³-hybridized carbons (Fsp3) is 1.00. The zero-order valence-corrected chi connectivity index (χ0v) is 11.1. The van der Waals surface area contributed by atoms with E-state index < -0.39 is 12.2 Å². The van der Waals surface area contributed by atoms with E-state index in [9.17, 15) is 10.2 Å². The Bertz CT molecular complexity index is 183. The monoisotopic (exact) mass is 267 g/mol. The molecule has 110 valence electrons. The molecule has 0 aliphatic rings. The summed E-state index contributed by atoms with van der Waals surface area (Å²) in [5.41, 5.74) is 5.50. The molecule has 0 aliphatic heterocycles. The average Bonchev–Trinajstić information content (AvgIpc) is 2.34. The van der Waals surface area contributed by atoms with E-state index in [4.69, 9.17) is 24.7 Å². The van der Waals surface area contributed by atoms with Gasteiger partial charge in [0.05, 0.1) is 39.1 Å². The lowest BCUT2D eigenvalue weighted by atomic mass is 10.3. The summed E-state index contributed by atoms with van der Waals surface area (Å²) in [5.74, 6) is 0. The summed E-state index contributed by atoms with van der Waals surface area (Å²) in [7, 11) is 3.01. The number of nitrogens with two attached hydrogens (primary N) is 1. The normalized spacial score (nSPS) is 16.5. The van der Waals surface area contributed by atoms with Gasteiger partial charge in [-0.2, -0.15) is 0 Å². The number of ether oxygens (including phenoxy) is 4. The van der Waals surface area contributed by atoms with Crippen molar-refractivity contribution in [1.82, 2.24) is 0 Å². The predicted octanol–water partition coefficient (Wildman–Crippen LogP) is -1.64. The van der Waals surface area contributed by atoms with Crippen LogP contribution in [0.15, 0.2) is 0 Å². The lowest BCUT2D eigenvalue weighted by Gasteiger charge is -2.19. The first kappa shape index (κ1) is 17.7. The van der Waals surface area contributed by atoms with Crippen LogP contribution in [0.25, 0.3) is 0 Å². The van der Waals surface area contributed by atoms with Gasteiger partial charge in [0.1, 0.15) is 12.2 Å². The van der Waals surface area contributed by atoms with Gasteiger partial charge < -0.3 is 34.9 Å². The maximum absolute atomic E-state index is 9.39. The molecule has 3 atom stereocenters. The zero-order valence-electron chi connectivity index (χ0n) is 11.1. The van der Waals surface area contributed by atoms with Gasteiger partial charge in [0.25, 0.3) is 0 Å². The molecule has 3 unspecified atom stereocenters. The van der Waals surface area contributed by atoms with Gasteiger partial charge in [0.15, 0.2) is 0 Å². The van der Waals surface area contributed by atoms with E-state index in [0.717, 1.165) is 0 Å². The van der Waals surface area contributed by atoms with Gasteiger partial charge in [0, 0.05) is 20.8 Å². The summed E-state index contributed by atoms with van der Waals surface area (Å²) in [5, 5.41) is 18.7. The maximum atomic E-state index is 9.39. The molecule has 0 aliphatic carbocycles. The van der Waals surface area contributed by atoms with Gasteiger partial charge in [0.2, 0.25) is 0 Å². The van der Waals surface area contributed by atoms with Gasteiger partial charge >= 0.3 is 0 Å². The number of hydrogen-bond donors (Lipinski definition) is 3. The molecule has 0 radical (unpaired) electrons. The lowest BCUT2D eigenvalue weighted by Crippen LogP contribution is -2.34. The highest BCUT2D eigenvalue weighted by molar-refractivity contribution is 4.61. The molecule has 4 N–H and O–H groups in total. The van der Waals surface area contributed by atoms with E-state index in [1.807, 2.05) is 0 Å². The van der Waals surface area contributed by atoms with Crippen molar-refractivity contribution in [2.75, 3.05) is 53.8 Å². The van der Waals surface area contributed by atoms with Gasteiger partial charge in [-0.15, -0.1) is 0 Å². The second kappa shape index (κ2) is 11.8. The maximum Gasteiger partial charge on any atom is 0.101 e. The molecule has 7 nitrogen and oxygen atoms in total. The van der Waals surface area contributed by atoms with Crippen LogP contribution in [0.3, 0.4) is 0 Å². The highest BCUT2D eigenvalue weighted by atomic mass is 16.5. The molecule has 0 aromatic carbocycles. The summed E-state index contributed by atoms with van der Waals surface area (Å²) >= 11 is 0. The molecule has 0 aromatic heterocycles. The van der Waals surface area contributed by atoms with Gasteiger partial charge in [-0.05, 0) is 0 Å². The molecule has 0 bridgehead atoms. The van der Waals surface area contributed by atoms with Crippen LogP contribution in [0.1, 0.15) is 0 Å². The van der Waals surface area contributed by atoms with Crippen LogP contribution >= 0.6 is 0 Å². The van der Waals surface area contributed by atoms with Crippen LogP contribution < -0.4 is 5.73 Å². The first-order valence-electron chi connectivity index (χ1n) is 5.87. The fourth-order valence-corrected chi connectivity index (χ4v) is 1.25. The van der Waals surface area contributed by atoms with Crippen LogP contribution in [-0.2, 0) is 18.9 Å². The van der Waals surface area contributed by atoms with Crippen molar-refractivity contribution >= 4 is 0 Å². The quantitative estimate of drug-likeness (QED) is 0.390. The van der Waals surface area contributed by atoms with Crippen LogP contribution in [0.2, 0.25) is 0 Å². The third-order valence-corrected chi connectivity index (χ3v) is 2.12. The molecule has 18 heavy (non-hydrogen) atoms. The standard InChI is InChI=1S/C11H25NO6/c1-15-4-9(13)6-17-8-11(3-12)18-7-10(14)5-16-2/h9-11,13-14H,3-8,12H2,1-2H3. The molecular formula is C11H25NO6. The highest BCUT2D eigenvalue weighted by Gasteiger charge is 2.12. The molecule has 0 spiro atoms. The molecule has 0 heterocycles. The Morgan fingerprint density at radius 2 is 1.44 bits per heavy atom. The Balaban J connectivity index is 3.63. The largest absolute Gasteiger partial charge is 0.388 e. The van der Waals surface area contributed by atoms with E-state index in [-0.39, 0.29) is 45.7 Å². The van der Waals surface area contributed by atoms with Gasteiger partial charge in [-0.25, -0.2) is 0 Å². The van der Waals surface area contributed by atoms with Crippen molar-refractivity contribution in [3.05, 3.63) is 0 Å². The minimum Gasteiger partial charge on any atom is -0.388 e. The van der Waals surface area contributed by atoms with E-state index in [1.54, 1.807) is 0 Å². The summed E-state index contributed by atoms with van der Waals surface area (Å²) in [4.78, 5) is 0. The number of rotatable bonds is 12. The Hall–Kier alpha value is -0.280. The second-order valence-electron chi connectivity index (χ2n) is 3.95. The van der Waals surface area contributed by atoms with Gasteiger partial charge in [-0.1, -0.05) is 0 Å². The number of aliphatic hydroxyl groups is 2. The first-order valence-corrected chi connectivity index (χ1v) is 5.87. The molecule has 0 saturated carbocycles. The summed E-state index contributed by atoms with van der Waals surface area (Å²) in [6.45, 7) is 1.27. The van der Waals surface area contributed by atoms with Crippen molar-refractivity contribution in [2.45, 2.75) is 18.3 Å². The molecule has 0 amide bonds. The molecule has 7 heteroatoms. The molecular weight excluding hydrogens is 242 g/mol. The number of aliphatic hydroxyl groups excluding tert-OH is 2. The van der Waals surface area contributed by atoms with Crippen molar-refractivity contribution in [2.24, 2.45) is 5.73 Å². The minimum absolute atomic E-state index is 0.139. The van der Waals surface area contributed by atoms with Crippen LogP contribution in [0, 0.1) is 0 Å². The van der Waals surface area contributed by atoms with Gasteiger partial charge in [-0.3, -0.25) is 0 Å². The average molecular weight is 267 g/mol. The van der Waals surface area contributed by atoms with Crippen LogP contribution in [0.4, 0.5) is 0 Å². The van der Waals surface area contributed by atoms with E-state index in [2.05, 4.69) is 0 Å². The topological polar surface area (TPSA) is 103 Å². The smallest absolute Gasteiger partial charge is 0.101 e. The molecule has 0 fully saturated rings. The summed E-state index contributed by atoms with van der Waals surface area (Å²) in [6.07, 6.45) is -1.65. The third kappa shape index (κ3) is 9.72. The SMILES string of the molecule is COCC(O)COCC(CN)OCC(O)COC. The fourth-order valence-electron chi connectivity index (χ4n) is 1.25. The zero-order chi connectivity index (χ0) is 13.8. The van der Waals surface area contributed by atoms with E-state index in [1.165, 1.54) is 14.2 Å². The van der Waals surface area contributed by atoms with Crippen molar-refractivity contribution < 1.29 is 29.2 Å². The second-order valence-corrected chi connectivity index (χ2v) is 3.95. The Morgan fingerprint density at radius 3 is 1.94 bits per heavy atom. The predicted molar refractivity (Wildman–Crippen MR) is 65.4 cm³/mol. The highest BCUT2D eigenvalue weighted by Crippen LogP contribution is 1.96.